The molecule has 0 aromatic heterocycles. The van der Waals surface area contributed by atoms with E-state index >= 15 is 0 Å². The van der Waals surface area contributed by atoms with E-state index in [4.69, 9.17) is 5.11 Å². The summed E-state index contributed by atoms with van der Waals surface area (Å²) in [6.07, 6.45) is 0.607. The summed E-state index contributed by atoms with van der Waals surface area (Å²) >= 11 is 0. The SMILES string of the molecule is CCN(CC)C(=O)C1=C[C@]2([N+](=O)[O-])CN(CC(=O)O)C[C@@]([N+](=O)[O-])(C1)C2. The number of nitro groups is 2. The van der Waals surface area contributed by atoms with Crippen LogP contribution in [0.3, 0.4) is 0 Å². The summed E-state index contributed by atoms with van der Waals surface area (Å²) in [5.41, 5.74) is -3.55. The summed E-state index contributed by atoms with van der Waals surface area (Å²) in [6, 6.07) is 0. The van der Waals surface area contributed by atoms with Crippen LogP contribution in [0, 0.1) is 20.2 Å². The highest BCUT2D eigenvalue weighted by Crippen LogP contribution is 2.43. The predicted molar refractivity (Wildman–Crippen MR) is 88.8 cm³/mol. The number of rotatable bonds is 7. The molecule has 2 aliphatic rings. The van der Waals surface area contributed by atoms with E-state index in [-0.39, 0.29) is 31.5 Å². The van der Waals surface area contributed by atoms with Gasteiger partial charge >= 0.3 is 5.97 Å². The topological polar surface area (TPSA) is 147 Å². The molecule has 0 aromatic rings. The van der Waals surface area contributed by atoms with Crippen molar-refractivity contribution in [3.05, 3.63) is 31.9 Å². The number of piperidine rings is 1. The Morgan fingerprint density at radius 3 is 2.31 bits per heavy atom. The van der Waals surface area contributed by atoms with Gasteiger partial charge in [0.25, 0.3) is 5.54 Å². The van der Waals surface area contributed by atoms with Gasteiger partial charge in [-0.05, 0) is 13.8 Å². The fourth-order valence-electron chi connectivity index (χ4n) is 4.00. The smallest absolute Gasteiger partial charge is 0.317 e. The number of hydrogen-bond acceptors (Lipinski definition) is 7. The van der Waals surface area contributed by atoms with Crippen LogP contribution in [0.2, 0.25) is 0 Å². The average molecular weight is 370 g/mol. The number of aliphatic carboxylic acids is 1. The van der Waals surface area contributed by atoms with Gasteiger partial charge in [0, 0.05) is 34.6 Å². The predicted octanol–water partition coefficient (Wildman–Crippen LogP) is 0.00620. The third kappa shape index (κ3) is 3.39. The lowest BCUT2D eigenvalue weighted by Gasteiger charge is -2.44. The van der Waals surface area contributed by atoms with E-state index in [2.05, 4.69) is 0 Å². The van der Waals surface area contributed by atoms with Crippen LogP contribution in [0.5, 0.6) is 0 Å². The van der Waals surface area contributed by atoms with Gasteiger partial charge in [0.05, 0.1) is 32.5 Å². The Kier molecular flexibility index (Phi) is 5.31. The van der Waals surface area contributed by atoms with Crippen LogP contribution >= 0.6 is 0 Å². The van der Waals surface area contributed by atoms with Crippen LogP contribution < -0.4 is 0 Å². The molecule has 0 aromatic carbocycles. The van der Waals surface area contributed by atoms with Gasteiger partial charge in [-0.3, -0.25) is 34.7 Å². The summed E-state index contributed by atoms with van der Waals surface area (Å²) < 4.78 is 0. The first kappa shape index (κ1) is 19.8. The van der Waals surface area contributed by atoms with Gasteiger partial charge < -0.3 is 10.0 Å². The monoisotopic (exact) mass is 370 g/mol. The Bertz CT molecular complexity index is 675. The summed E-state index contributed by atoms with van der Waals surface area (Å²) in [5.74, 6) is -1.66. The van der Waals surface area contributed by atoms with E-state index in [0.717, 1.165) is 0 Å². The fourth-order valence-corrected chi connectivity index (χ4v) is 4.00. The molecular formula is C15H22N4O7. The Labute approximate surface area is 149 Å². The molecule has 144 valence electrons. The largest absolute Gasteiger partial charge is 0.480 e. The van der Waals surface area contributed by atoms with Crippen LogP contribution in [0.4, 0.5) is 0 Å². The second kappa shape index (κ2) is 6.98. The van der Waals surface area contributed by atoms with Crippen LogP contribution in [0.15, 0.2) is 11.6 Å². The number of likely N-dealkylation sites (N-methyl/N-ethyl adjacent to an activating group) is 1. The van der Waals surface area contributed by atoms with Crippen molar-refractivity contribution in [3.8, 4) is 0 Å². The van der Waals surface area contributed by atoms with Crippen molar-refractivity contribution in [2.45, 2.75) is 37.8 Å². The Morgan fingerprint density at radius 1 is 1.23 bits per heavy atom. The number of nitrogens with zero attached hydrogens (tertiary/aromatic N) is 4. The van der Waals surface area contributed by atoms with Crippen molar-refractivity contribution >= 4 is 11.9 Å². The molecule has 2 bridgehead atoms. The van der Waals surface area contributed by atoms with E-state index in [0.29, 0.717) is 13.1 Å². The van der Waals surface area contributed by atoms with Crippen LogP contribution in [-0.4, -0.2) is 80.4 Å². The molecule has 1 amide bonds. The molecule has 1 fully saturated rings. The standard InChI is InChI=1S/C15H22N4O7/c1-3-17(4-2)13(22)11-5-14(18(23)24)8-15(6-11,19(25)26)10-16(9-14)7-12(20)21/h5H,3-4,6-10H2,1-2H3,(H,20,21)/t14-,15-/m1/s1. The van der Waals surface area contributed by atoms with Gasteiger partial charge in [-0.25, -0.2) is 0 Å². The lowest BCUT2D eigenvalue weighted by Crippen LogP contribution is -2.67. The minimum atomic E-state index is -1.85. The van der Waals surface area contributed by atoms with Crippen molar-refractivity contribution < 1.29 is 24.5 Å². The van der Waals surface area contributed by atoms with E-state index in [9.17, 15) is 29.8 Å². The van der Waals surface area contributed by atoms with E-state index in [1.165, 1.54) is 15.9 Å². The highest BCUT2D eigenvalue weighted by atomic mass is 16.6. The fraction of sp³-hybridized carbons (Fsp3) is 0.733. The molecule has 11 heteroatoms. The van der Waals surface area contributed by atoms with Gasteiger partial charge in [-0.1, -0.05) is 0 Å². The molecule has 1 aliphatic carbocycles. The highest BCUT2D eigenvalue weighted by Gasteiger charge is 2.64. The molecule has 0 spiro atoms. The molecule has 2 rings (SSSR count). The number of carboxylic acids is 1. The van der Waals surface area contributed by atoms with E-state index < -0.39 is 39.3 Å². The first-order valence-electron chi connectivity index (χ1n) is 8.33. The van der Waals surface area contributed by atoms with Gasteiger partial charge in [0.2, 0.25) is 11.4 Å². The van der Waals surface area contributed by atoms with Crippen LogP contribution in [0.25, 0.3) is 0 Å². The third-order valence-corrected chi connectivity index (χ3v) is 5.05. The maximum atomic E-state index is 12.7. The molecule has 1 aliphatic heterocycles. The minimum Gasteiger partial charge on any atom is -0.480 e. The van der Waals surface area contributed by atoms with Crippen LogP contribution in [0.1, 0.15) is 26.7 Å². The Hall–Kier alpha value is -2.56. The Morgan fingerprint density at radius 2 is 1.85 bits per heavy atom. The van der Waals surface area contributed by atoms with Crippen molar-refractivity contribution in [3.63, 3.8) is 0 Å². The van der Waals surface area contributed by atoms with Gasteiger partial charge in [-0.2, -0.15) is 0 Å². The molecule has 2 atom stereocenters. The zero-order chi connectivity index (χ0) is 19.7. The number of likely N-dealkylation sites (tertiary alicyclic amines) is 1. The van der Waals surface area contributed by atoms with Gasteiger partial charge in [0.15, 0.2) is 0 Å². The number of carboxylic acid groups (broad SMARTS) is 1. The molecule has 0 saturated carbocycles. The maximum Gasteiger partial charge on any atom is 0.317 e. The molecule has 0 radical (unpaired) electrons. The van der Waals surface area contributed by atoms with Crippen molar-refractivity contribution in [2.24, 2.45) is 0 Å². The summed E-state index contributed by atoms with van der Waals surface area (Å²) in [4.78, 5) is 48.8. The number of carbonyl (C=O) groups excluding carboxylic acids is 1. The molecule has 1 heterocycles. The van der Waals surface area contributed by atoms with Crippen molar-refractivity contribution in [1.82, 2.24) is 9.80 Å². The minimum absolute atomic E-state index is 0.0586. The van der Waals surface area contributed by atoms with Crippen molar-refractivity contribution in [1.29, 1.82) is 0 Å². The van der Waals surface area contributed by atoms with Crippen molar-refractivity contribution in [2.75, 3.05) is 32.7 Å². The molecule has 1 N–H and O–H groups in total. The second-order valence-electron chi connectivity index (χ2n) is 6.88. The molecule has 1 saturated heterocycles. The second-order valence-corrected chi connectivity index (χ2v) is 6.88. The van der Waals surface area contributed by atoms with Gasteiger partial charge in [-0.15, -0.1) is 0 Å². The van der Waals surface area contributed by atoms with E-state index in [1.54, 1.807) is 13.8 Å². The quantitative estimate of drug-likeness (QED) is 0.487. The highest BCUT2D eigenvalue weighted by molar-refractivity contribution is 5.94. The third-order valence-electron chi connectivity index (χ3n) is 5.05. The van der Waals surface area contributed by atoms with Gasteiger partial charge in [0.1, 0.15) is 0 Å². The van der Waals surface area contributed by atoms with E-state index in [1.807, 2.05) is 0 Å². The molecular weight excluding hydrogens is 348 g/mol. The Balaban J connectivity index is 2.53. The summed E-state index contributed by atoms with van der Waals surface area (Å²) in [5, 5.41) is 32.6. The summed E-state index contributed by atoms with van der Waals surface area (Å²) in [7, 11) is 0. The number of fused-ring (bicyclic) bond motifs is 2. The van der Waals surface area contributed by atoms with Crippen LogP contribution in [-0.2, 0) is 9.59 Å². The number of carbonyl (C=O) groups is 2. The zero-order valence-corrected chi connectivity index (χ0v) is 14.7. The normalized spacial score (nSPS) is 28.2. The molecule has 0 unspecified atom stereocenters. The maximum absolute atomic E-state index is 12.7. The first-order chi connectivity index (χ1) is 12.1. The number of amides is 1. The molecule has 26 heavy (non-hydrogen) atoms. The average Bonchev–Trinajstić information content (AvgIpc) is 2.54. The first-order valence-corrected chi connectivity index (χ1v) is 8.33. The summed E-state index contributed by atoms with van der Waals surface area (Å²) in [6.45, 7) is 3.23. The lowest BCUT2D eigenvalue weighted by atomic mass is 9.69. The lowest BCUT2D eigenvalue weighted by molar-refractivity contribution is -0.619. The molecule has 11 nitrogen and oxygen atoms in total. The zero-order valence-electron chi connectivity index (χ0n) is 14.7. The number of hydrogen-bond donors (Lipinski definition) is 1.